The summed E-state index contributed by atoms with van der Waals surface area (Å²) in [5, 5.41) is 16.5. The molecule has 9 nitrogen and oxygen atoms in total. The molecule has 0 spiro atoms. The van der Waals surface area contributed by atoms with Crippen LogP contribution in [-0.2, 0) is 16.6 Å². The molecule has 40 heavy (non-hydrogen) atoms. The van der Waals surface area contributed by atoms with Gasteiger partial charge >= 0.3 is 0 Å². The number of nitrogens with one attached hydrogen (secondary N) is 1. The molecule has 0 fully saturated rings. The van der Waals surface area contributed by atoms with E-state index in [9.17, 15) is 13.5 Å². The van der Waals surface area contributed by atoms with E-state index in [1.165, 1.54) is 16.9 Å². The molecule has 0 saturated heterocycles. The summed E-state index contributed by atoms with van der Waals surface area (Å²) in [6, 6.07) is 15.2. The van der Waals surface area contributed by atoms with E-state index in [-0.39, 0.29) is 19.7 Å². The van der Waals surface area contributed by atoms with Crippen LogP contribution in [0.25, 0.3) is 21.1 Å². The van der Waals surface area contributed by atoms with Crippen LogP contribution in [0.5, 0.6) is 11.5 Å². The van der Waals surface area contributed by atoms with Crippen LogP contribution >= 0.6 is 22.9 Å². The second kappa shape index (κ2) is 11.3. The molecule has 3 heterocycles. The van der Waals surface area contributed by atoms with Crippen LogP contribution in [-0.4, -0.2) is 58.3 Å². The zero-order chi connectivity index (χ0) is 28.5. The summed E-state index contributed by atoms with van der Waals surface area (Å²) in [5.74, 6) is 1.83. The third kappa shape index (κ3) is 6.24. The molecule has 5 rings (SSSR count). The molecule has 5 aromatic rings. The minimum atomic E-state index is -3.48. The highest BCUT2D eigenvalue weighted by Gasteiger charge is 2.26. The van der Waals surface area contributed by atoms with E-state index in [2.05, 4.69) is 15.3 Å². The maximum Gasteiger partial charge on any atom is 0.211 e. The van der Waals surface area contributed by atoms with Crippen molar-refractivity contribution < 1.29 is 18.3 Å². The maximum absolute atomic E-state index is 12.5. The van der Waals surface area contributed by atoms with E-state index in [0.717, 1.165) is 21.4 Å². The van der Waals surface area contributed by atoms with Crippen molar-refractivity contribution in [2.24, 2.45) is 5.41 Å². The van der Waals surface area contributed by atoms with E-state index in [1.54, 1.807) is 23.5 Å². The van der Waals surface area contributed by atoms with Crippen molar-refractivity contribution in [3.63, 3.8) is 0 Å². The van der Waals surface area contributed by atoms with Gasteiger partial charge in [-0.05, 0) is 47.8 Å². The summed E-state index contributed by atoms with van der Waals surface area (Å²) in [5.41, 5.74) is 1.59. The molecule has 0 saturated carbocycles. The van der Waals surface area contributed by atoms with Crippen molar-refractivity contribution in [1.29, 1.82) is 0 Å². The van der Waals surface area contributed by atoms with Crippen LogP contribution in [0.2, 0.25) is 5.02 Å². The number of ether oxygens (including phenoxy) is 1. The second-order valence-electron chi connectivity index (χ2n) is 10.3. The summed E-state index contributed by atoms with van der Waals surface area (Å²) >= 11 is 8.26. The Morgan fingerprint density at radius 2 is 1.98 bits per heavy atom. The predicted molar refractivity (Wildman–Crippen MR) is 161 cm³/mol. The molecule has 0 unspecified atom stereocenters. The fourth-order valence-electron chi connectivity index (χ4n) is 4.39. The number of aromatic nitrogens is 3. The molecule has 0 amide bonds. The molecule has 2 N–H and O–H groups in total. The number of anilines is 2. The van der Waals surface area contributed by atoms with Gasteiger partial charge in [0.05, 0.1) is 16.8 Å². The Labute approximate surface area is 242 Å². The molecular weight excluding hydrogens is 570 g/mol. The normalized spacial score (nSPS) is 12.4. The number of rotatable bonds is 11. The first kappa shape index (κ1) is 28.3. The topological polar surface area (TPSA) is 110 Å². The van der Waals surface area contributed by atoms with Crippen molar-refractivity contribution in [3.8, 4) is 11.5 Å². The Morgan fingerprint density at radius 3 is 2.73 bits per heavy atom. The van der Waals surface area contributed by atoms with Crippen molar-refractivity contribution in [2.75, 3.05) is 31.3 Å². The van der Waals surface area contributed by atoms with Crippen molar-refractivity contribution >= 4 is 65.6 Å². The van der Waals surface area contributed by atoms with Gasteiger partial charge in [-0.25, -0.2) is 18.4 Å². The van der Waals surface area contributed by atoms with Crippen LogP contribution < -0.4 is 10.1 Å². The van der Waals surface area contributed by atoms with E-state index < -0.39 is 15.4 Å². The van der Waals surface area contributed by atoms with Gasteiger partial charge in [0.1, 0.15) is 23.3 Å². The standard InChI is InChI=1S/C28H30ClN5O4S2/c1-28(2,17-35)16-34(40(3,36)37)13-12-33-11-9-22-26(33)27(31-18-30-22)32-19-7-8-24(21(29)15-19)38-23-5-4-6-25-20(23)10-14-39-25/h4-11,14-15,18,35H,12-13,16-17H2,1-3H3,(H,30,31,32). The van der Waals surface area contributed by atoms with Crippen LogP contribution in [0, 0.1) is 5.41 Å². The van der Waals surface area contributed by atoms with Crippen LogP contribution in [0.1, 0.15) is 13.8 Å². The van der Waals surface area contributed by atoms with E-state index in [1.807, 2.05) is 66.4 Å². The summed E-state index contributed by atoms with van der Waals surface area (Å²) in [6.07, 6.45) is 4.52. The molecule has 0 aliphatic rings. The molecule has 0 aliphatic carbocycles. The highest BCUT2D eigenvalue weighted by molar-refractivity contribution is 7.88. The van der Waals surface area contributed by atoms with Gasteiger partial charge in [-0.1, -0.05) is 31.5 Å². The lowest BCUT2D eigenvalue weighted by Crippen LogP contribution is -2.41. The van der Waals surface area contributed by atoms with Gasteiger partial charge in [0.2, 0.25) is 10.0 Å². The Bertz CT molecular complexity index is 1770. The zero-order valence-corrected chi connectivity index (χ0v) is 24.7. The average molecular weight is 600 g/mol. The minimum absolute atomic E-state index is 0.122. The number of sulfonamides is 1. The van der Waals surface area contributed by atoms with E-state index in [0.29, 0.717) is 34.3 Å². The largest absolute Gasteiger partial charge is 0.455 e. The first-order valence-corrected chi connectivity index (χ1v) is 15.7. The van der Waals surface area contributed by atoms with Crippen LogP contribution in [0.4, 0.5) is 11.5 Å². The molecule has 0 radical (unpaired) electrons. The molecule has 0 aliphatic heterocycles. The first-order valence-electron chi connectivity index (χ1n) is 12.6. The van der Waals surface area contributed by atoms with Crippen LogP contribution in [0.3, 0.4) is 0 Å². The molecule has 3 aromatic heterocycles. The van der Waals surface area contributed by atoms with Gasteiger partial charge in [0, 0.05) is 53.6 Å². The van der Waals surface area contributed by atoms with Gasteiger partial charge in [0.25, 0.3) is 0 Å². The number of aliphatic hydroxyl groups excluding tert-OH is 1. The lowest BCUT2D eigenvalue weighted by Gasteiger charge is -2.29. The number of benzene rings is 2. The smallest absolute Gasteiger partial charge is 0.211 e. The third-order valence-corrected chi connectivity index (χ3v) is 8.94. The number of thiophene rings is 1. The number of nitrogens with zero attached hydrogens (tertiary/aromatic N) is 4. The molecule has 210 valence electrons. The molecule has 0 bridgehead atoms. The fourth-order valence-corrected chi connectivity index (χ4v) is 6.41. The van der Waals surface area contributed by atoms with E-state index in [4.69, 9.17) is 16.3 Å². The predicted octanol–water partition coefficient (Wildman–Crippen LogP) is 6.12. The first-order chi connectivity index (χ1) is 19.0. The fraction of sp³-hybridized carbons (Fsp3) is 0.286. The third-order valence-electron chi connectivity index (χ3n) is 6.51. The van der Waals surface area contributed by atoms with Gasteiger partial charge in [-0.2, -0.15) is 4.31 Å². The van der Waals surface area contributed by atoms with E-state index >= 15 is 0 Å². The lowest BCUT2D eigenvalue weighted by molar-refractivity contribution is 0.133. The lowest BCUT2D eigenvalue weighted by atomic mass is 9.95. The summed E-state index contributed by atoms with van der Waals surface area (Å²) in [4.78, 5) is 8.82. The minimum Gasteiger partial charge on any atom is -0.455 e. The maximum atomic E-state index is 12.5. The molecule has 2 aromatic carbocycles. The second-order valence-corrected chi connectivity index (χ2v) is 13.7. The molecular formula is C28H30ClN5O4S2. The zero-order valence-electron chi connectivity index (χ0n) is 22.3. The number of aliphatic hydroxyl groups is 1. The molecule has 0 atom stereocenters. The SMILES string of the molecule is CC(C)(CO)CN(CCn1ccc2ncnc(Nc3ccc(Oc4cccc5sccc45)c(Cl)c3)c21)S(C)(=O)=O. The molecule has 12 heteroatoms. The summed E-state index contributed by atoms with van der Waals surface area (Å²) < 4.78 is 35.5. The highest BCUT2D eigenvalue weighted by Crippen LogP contribution is 2.37. The monoisotopic (exact) mass is 599 g/mol. The van der Waals surface area contributed by atoms with Crippen molar-refractivity contribution in [1.82, 2.24) is 18.8 Å². The number of hydrogen-bond donors (Lipinski definition) is 2. The number of halogens is 1. The Hall–Kier alpha value is -3.22. The quantitative estimate of drug-likeness (QED) is 0.188. The Morgan fingerprint density at radius 1 is 1.15 bits per heavy atom. The number of hydrogen-bond acceptors (Lipinski definition) is 8. The van der Waals surface area contributed by atoms with Gasteiger partial charge in [0.15, 0.2) is 5.82 Å². The average Bonchev–Trinajstić information content (AvgIpc) is 3.56. The summed E-state index contributed by atoms with van der Waals surface area (Å²) in [6.45, 7) is 4.35. The van der Waals surface area contributed by atoms with Gasteiger partial charge in [-0.3, -0.25) is 0 Å². The van der Waals surface area contributed by atoms with Crippen LogP contribution in [0.15, 0.2) is 66.4 Å². The van der Waals surface area contributed by atoms with Crippen molar-refractivity contribution in [3.05, 3.63) is 71.5 Å². The number of fused-ring (bicyclic) bond motifs is 2. The highest BCUT2D eigenvalue weighted by atomic mass is 35.5. The Balaban J connectivity index is 1.37. The van der Waals surface area contributed by atoms with Crippen molar-refractivity contribution in [2.45, 2.75) is 20.4 Å². The summed E-state index contributed by atoms with van der Waals surface area (Å²) in [7, 11) is -3.48. The Kier molecular flexibility index (Phi) is 8.03. The van der Waals surface area contributed by atoms with Gasteiger partial charge < -0.3 is 19.7 Å². The van der Waals surface area contributed by atoms with Gasteiger partial charge in [-0.15, -0.1) is 11.3 Å².